The molecule has 0 radical (unpaired) electrons. The summed E-state index contributed by atoms with van der Waals surface area (Å²) in [6.45, 7) is 2.00. The molecule has 1 N–H and O–H groups in total. The summed E-state index contributed by atoms with van der Waals surface area (Å²) in [5, 5.41) is 6.29. The molecule has 1 aliphatic rings. The van der Waals surface area contributed by atoms with Gasteiger partial charge in [-0.25, -0.2) is 8.42 Å². The van der Waals surface area contributed by atoms with Crippen molar-refractivity contribution < 1.29 is 12.9 Å². The number of likely N-dealkylation sites (N-methyl/N-ethyl adjacent to an activating group) is 1. The standard InChI is InChI=1S/C10H17N3O3S/c1-7(11-2)6-9-12-10(13-16-9)8-4-3-5-17(8,14)15/h7-8,11H,3-6H2,1-2H3. The van der Waals surface area contributed by atoms with Crippen LogP contribution in [0.1, 0.15) is 36.7 Å². The zero-order valence-electron chi connectivity index (χ0n) is 10.0. The van der Waals surface area contributed by atoms with Gasteiger partial charge >= 0.3 is 0 Å². The number of hydrogen-bond donors (Lipinski definition) is 1. The van der Waals surface area contributed by atoms with Gasteiger partial charge in [0, 0.05) is 12.5 Å². The van der Waals surface area contributed by atoms with Crippen molar-refractivity contribution in [3.63, 3.8) is 0 Å². The Morgan fingerprint density at radius 1 is 1.59 bits per heavy atom. The molecule has 6 nitrogen and oxygen atoms in total. The van der Waals surface area contributed by atoms with E-state index in [0.717, 1.165) is 0 Å². The molecule has 0 saturated carbocycles. The second-order valence-corrected chi connectivity index (χ2v) is 6.74. The third kappa shape index (κ3) is 2.66. The number of hydrogen-bond acceptors (Lipinski definition) is 6. The number of sulfone groups is 1. The van der Waals surface area contributed by atoms with Crippen LogP contribution in [-0.4, -0.2) is 37.4 Å². The molecule has 0 aromatic carbocycles. The van der Waals surface area contributed by atoms with E-state index in [2.05, 4.69) is 15.5 Å². The molecule has 17 heavy (non-hydrogen) atoms. The lowest BCUT2D eigenvalue weighted by molar-refractivity contribution is 0.360. The molecule has 2 rings (SSSR count). The maximum Gasteiger partial charge on any atom is 0.228 e. The Kier molecular flexibility index (Phi) is 3.48. The van der Waals surface area contributed by atoms with E-state index in [-0.39, 0.29) is 11.8 Å². The molecule has 2 unspecified atom stereocenters. The quantitative estimate of drug-likeness (QED) is 0.846. The maximum absolute atomic E-state index is 11.7. The highest BCUT2D eigenvalue weighted by Crippen LogP contribution is 2.32. The second-order valence-electron chi connectivity index (χ2n) is 4.44. The predicted octanol–water partition coefficient (Wildman–Crippen LogP) is 0.470. The first-order chi connectivity index (χ1) is 8.03. The van der Waals surface area contributed by atoms with Crippen molar-refractivity contribution >= 4 is 9.84 Å². The van der Waals surface area contributed by atoms with Crippen LogP contribution in [-0.2, 0) is 16.3 Å². The molecule has 0 bridgehead atoms. The minimum atomic E-state index is -3.06. The number of nitrogens with zero attached hydrogens (tertiary/aromatic N) is 2. The van der Waals surface area contributed by atoms with Gasteiger partial charge < -0.3 is 9.84 Å². The molecule has 1 aromatic rings. The van der Waals surface area contributed by atoms with Crippen LogP contribution in [0.25, 0.3) is 0 Å². The smallest absolute Gasteiger partial charge is 0.228 e. The fourth-order valence-electron chi connectivity index (χ4n) is 1.93. The van der Waals surface area contributed by atoms with Crippen LogP contribution in [0.2, 0.25) is 0 Å². The van der Waals surface area contributed by atoms with E-state index in [9.17, 15) is 8.42 Å². The van der Waals surface area contributed by atoms with E-state index in [0.29, 0.717) is 31.0 Å². The average molecular weight is 259 g/mol. The Morgan fingerprint density at radius 2 is 2.35 bits per heavy atom. The average Bonchev–Trinajstić information content (AvgIpc) is 2.84. The van der Waals surface area contributed by atoms with Crippen LogP contribution < -0.4 is 5.32 Å². The molecule has 0 spiro atoms. The Bertz CT molecular complexity index is 483. The van der Waals surface area contributed by atoms with Gasteiger partial charge in [0.1, 0.15) is 5.25 Å². The normalized spacial score (nSPS) is 24.9. The molecule has 0 amide bonds. The molecular weight excluding hydrogens is 242 g/mol. The first-order valence-corrected chi connectivity index (χ1v) is 7.46. The van der Waals surface area contributed by atoms with Gasteiger partial charge in [0.25, 0.3) is 0 Å². The van der Waals surface area contributed by atoms with Gasteiger partial charge in [-0.15, -0.1) is 0 Å². The van der Waals surface area contributed by atoms with Crippen molar-refractivity contribution in [3.05, 3.63) is 11.7 Å². The largest absolute Gasteiger partial charge is 0.339 e. The lowest BCUT2D eigenvalue weighted by Gasteiger charge is -2.05. The highest BCUT2D eigenvalue weighted by molar-refractivity contribution is 7.91. The van der Waals surface area contributed by atoms with Crippen molar-refractivity contribution in [2.24, 2.45) is 0 Å². The van der Waals surface area contributed by atoms with Crippen molar-refractivity contribution in [2.45, 2.75) is 37.5 Å². The number of rotatable bonds is 4. The fraction of sp³-hybridized carbons (Fsp3) is 0.800. The monoisotopic (exact) mass is 259 g/mol. The summed E-state index contributed by atoms with van der Waals surface area (Å²) in [6.07, 6.45) is 1.89. The van der Waals surface area contributed by atoms with Crippen molar-refractivity contribution in [1.29, 1.82) is 0 Å². The van der Waals surface area contributed by atoms with Crippen LogP contribution >= 0.6 is 0 Å². The van der Waals surface area contributed by atoms with Gasteiger partial charge in [0.05, 0.1) is 5.75 Å². The van der Waals surface area contributed by atoms with E-state index in [1.54, 1.807) is 0 Å². The summed E-state index contributed by atoms with van der Waals surface area (Å²) in [5.74, 6) is 1.04. The van der Waals surface area contributed by atoms with Gasteiger partial charge in [-0.05, 0) is 26.8 Å². The summed E-state index contributed by atoms with van der Waals surface area (Å²) in [5.41, 5.74) is 0. The minimum absolute atomic E-state index is 0.225. The molecular formula is C10H17N3O3S. The maximum atomic E-state index is 11.7. The molecule has 1 aliphatic heterocycles. The molecule has 1 aromatic heterocycles. The van der Waals surface area contributed by atoms with Gasteiger partial charge in [-0.1, -0.05) is 5.16 Å². The number of aromatic nitrogens is 2. The minimum Gasteiger partial charge on any atom is -0.339 e. The first kappa shape index (κ1) is 12.5. The van der Waals surface area contributed by atoms with Gasteiger partial charge in [-0.3, -0.25) is 0 Å². The topological polar surface area (TPSA) is 85.1 Å². The summed E-state index contributed by atoms with van der Waals surface area (Å²) >= 11 is 0. The SMILES string of the molecule is CNC(C)Cc1nc(C2CCCS2(=O)=O)no1. The Labute approximate surface area is 101 Å². The third-order valence-electron chi connectivity index (χ3n) is 3.07. The molecule has 7 heteroatoms. The van der Waals surface area contributed by atoms with Crippen LogP contribution in [0.4, 0.5) is 0 Å². The van der Waals surface area contributed by atoms with Crippen LogP contribution in [0, 0.1) is 0 Å². The van der Waals surface area contributed by atoms with Crippen LogP contribution in [0.3, 0.4) is 0 Å². The summed E-state index contributed by atoms with van der Waals surface area (Å²) < 4.78 is 28.5. The van der Waals surface area contributed by atoms with Gasteiger partial charge in [0.2, 0.25) is 5.89 Å². The van der Waals surface area contributed by atoms with E-state index >= 15 is 0 Å². The lowest BCUT2D eigenvalue weighted by atomic mass is 10.2. The van der Waals surface area contributed by atoms with Crippen molar-refractivity contribution in [3.8, 4) is 0 Å². The van der Waals surface area contributed by atoms with E-state index in [1.807, 2.05) is 14.0 Å². The van der Waals surface area contributed by atoms with Crippen molar-refractivity contribution in [1.82, 2.24) is 15.5 Å². The van der Waals surface area contributed by atoms with E-state index in [4.69, 9.17) is 4.52 Å². The summed E-state index contributed by atoms with van der Waals surface area (Å²) in [6, 6.07) is 0.225. The lowest BCUT2D eigenvalue weighted by Crippen LogP contribution is -2.23. The Morgan fingerprint density at radius 3 is 2.94 bits per heavy atom. The van der Waals surface area contributed by atoms with Gasteiger partial charge in [-0.2, -0.15) is 4.98 Å². The highest BCUT2D eigenvalue weighted by Gasteiger charge is 2.36. The Hall–Kier alpha value is -0.950. The first-order valence-electron chi connectivity index (χ1n) is 5.74. The van der Waals surface area contributed by atoms with Crippen LogP contribution in [0.5, 0.6) is 0 Å². The molecule has 96 valence electrons. The predicted molar refractivity (Wildman–Crippen MR) is 62.3 cm³/mol. The molecule has 1 fully saturated rings. The second kappa shape index (κ2) is 4.73. The molecule has 1 saturated heterocycles. The summed E-state index contributed by atoms with van der Waals surface area (Å²) in [7, 11) is -1.21. The van der Waals surface area contributed by atoms with E-state index in [1.165, 1.54) is 0 Å². The molecule has 2 heterocycles. The third-order valence-corrected chi connectivity index (χ3v) is 5.25. The molecule has 2 atom stereocenters. The Balaban J connectivity index is 2.13. The van der Waals surface area contributed by atoms with Gasteiger partial charge in [0.15, 0.2) is 15.7 Å². The van der Waals surface area contributed by atoms with Crippen LogP contribution in [0.15, 0.2) is 4.52 Å². The fourth-order valence-corrected chi connectivity index (χ4v) is 3.72. The highest BCUT2D eigenvalue weighted by atomic mass is 32.2. The zero-order chi connectivity index (χ0) is 12.5. The zero-order valence-corrected chi connectivity index (χ0v) is 10.8. The van der Waals surface area contributed by atoms with E-state index < -0.39 is 15.1 Å². The van der Waals surface area contributed by atoms with Crippen molar-refractivity contribution in [2.75, 3.05) is 12.8 Å². The summed E-state index contributed by atoms with van der Waals surface area (Å²) in [4.78, 5) is 4.18. The molecule has 0 aliphatic carbocycles. The number of nitrogens with one attached hydrogen (secondary N) is 1.